The van der Waals surface area contributed by atoms with Gasteiger partial charge in [-0.3, -0.25) is 0 Å². The topological polar surface area (TPSA) is 57.6 Å². The Morgan fingerprint density at radius 1 is 1.25 bits per heavy atom. The molecule has 1 heterocycles. The summed E-state index contributed by atoms with van der Waals surface area (Å²) in [5, 5.41) is 9.14. The molecule has 0 amide bonds. The molecule has 0 radical (unpaired) electrons. The molecule has 1 aromatic rings. The van der Waals surface area contributed by atoms with Gasteiger partial charge in [-0.25, -0.2) is 8.42 Å². The zero-order chi connectivity index (χ0) is 15.0. The van der Waals surface area contributed by atoms with Crippen molar-refractivity contribution in [2.24, 2.45) is 0 Å². The molecule has 1 aliphatic heterocycles. The van der Waals surface area contributed by atoms with Crippen molar-refractivity contribution in [3.05, 3.63) is 29.8 Å². The van der Waals surface area contributed by atoms with Crippen LogP contribution in [0.15, 0.2) is 29.2 Å². The molecule has 1 aromatic carbocycles. The largest absolute Gasteiger partial charge is 0.416 e. The minimum Gasteiger partial charge on any atom is -0.395 e. The molecular formula is C12H14F3NO3S. The molecule has 0 spiro atoms. The van der Waals surface area contributed by atoms with Gasteiger partial charge < -0.3 is 5.11 Å². The van der Waals surface area contributed by atoms with Crippen LogP contribution in [0.5, 0.6) is 0 Å². The predicted octanol–water partition coefficient (Wildman–Crippen LogP) is 1.85. The van der Waals surface area contributed by atoms with Crippen molar-refractivity contribution in [3.63, 3.8) is 0 Å². The summed E-state index contributed by atoms with van der Waals surface area (Å²) in [5.41, 5.74) is -0.892. The van der Waals surface area contributed by atoms with Gasteiger partial charge >= 0.3 is 6.18 Å². The number of alkyl halides is 3. The molecule has 20 heavy (non-hydrogen) atoms. The van der Waals surface area contributed by atoms with Crippen molar-refractivity contribution in [1.29, 1.82) is 0 Å². The van der Waals surface area contributed by atoms with Gasteiger partial charge in [0.25, 0.3) is 0 Å². The van der Waals surface area contributed by atoms with Crippen LogP contribution in [0.1, 0.15) is 18.4 Å². The first-order valence-electron chi connectivity index (χ1n) is 6.07. The van der Waals surface area contributed by atoms with Crippen molar-refractivity contribution in [2.75, 3.05) is 13.2 Å². The molecule has 0 aliphatic carbocycles. The maximum atomic E-state index is 12.4. The second-order valence-electron chi connectivity index (χ2n) is 4.62. The van der Waals surface area contributed by atoms with Gasteiger partial charge in [-0.05, 0) is 37.1 Å². The van der Waals surface area contributed by atoms with Gasteiger partial charge in [0.05, 0.1) is 17.1 Å². The molecule has 1 N–H and O–H groups in total. The van der Waals surface area contributed by atoms with Crippen LogP contribution in [0.25, 0.3) is 0 Å². The second kappa shape index (κ2) is 5.34. The minimum absolute atomic E-state index is 0.189. The highest BCUT2D eigenvalue weighted by atomic mass is 32.2. The lowest BCUT2D eigenvalue weighted by atomic mass is 10.2. The third-order valence-electron chi connectivity index (χ3n) is 3.32. The van der Waals surface area contributed by atoms with E-state index in [9.17, 15) is 21.6 Å². The average molecular weight is 309 g/mol. The molecule has 0 bridgehead atoms. The van der Waals surface area contributed by atoms with Gasteiger partial charge in [0, 0.05) is 12.6 Å². The van der Waals surface area contributed by atoms with Crippen molar-refractivity contribution < 1.29 is 26.7 Å². The lowest BCUT2D eigenvalue weighted by Crippen LogP contribution is -2.37. The molecule has 4 nitrogen and oxygen atoms in total. The Hall–Kier alpha value is -1.12. The van der Waals surface area contributed by atoms with E-state index >= 15 is 0 Å². The first-order valence-corrected chi connectivity index (χ1v) is 7.51. The second-order valence-corrected chi connectivity index (χ2v) is 6.51. The third kappa shape index (κ3) is 2.82. The molecule has 8 heteroatoms. The summed E-state index contributed by atoms with van der Waals surface area (Å²) in [6, 6.07) is 2.89. The van der Waals surface area contributed by atoms with Crippen LogP contribution in [0, 0.1) is 0 Å². The normalized spacial score (nSPS) is 21.3. The number of aliphatic hydroxyl groups excluding tert-OH is 1. The summed E-state index contributed by atoms with van der Waals surface area (Å²) in [5.74, 6) is 0. The van der Waals surface area contributed by atoms with Crippen LogP contribution in [0.4, 0.5) is 13.2 Å². The van der Waals surface area contributed by atoms with Gasteiger partial charge in [0.15, 0.2) is 0 Å². The number of hydrogen-bond acceptors (Lipinski definition) is 3. The number of benzene rings is 1. The molecule has 112 valence electrons. The molecule has 0 saturated carbocycles. The number of rotatable bonds is 3. The van der Waals surface area contributed by atoms with Crippen molar-refractivity contribution >= 4 is 10.0 Å². The quantitative estimate of drug-likeness (QED) is 0.927. The van der Waals surface area contributed by atoms with Crippen LogP contribution in [-0.4, -0.2) is 37.0 Å². The highest BCUT2D eigenvalue weighted by Gasteiger charge is 2.36. The highest BCUT2D eigenvalue weighted by molar-refractivity contribution is 7.89. The van der Waals surface area contributed by atoms with Gasteiger partial charge in [0.2, 0.25) is 10.0 Å². The number of halogens is 3. The molecular weight excluding hydrogens is 295 g/mol. The van der Waals surface area contributed by atoms with E-state index in [1.54, 1.807) is 0 Å². The summed E-state index contributed by atoms with van der Waals surface area (Å²) in [6.45, 7) is -0.0194. The number of nitrogens with zero attached hydrogens (tertiary/aromatic N) is 1. The lowest BCUT2D eigenvalue weighted by molar-refractivity contribution is -0.137. The van der Waals surface area contributed by atoms with E-state index < -0.39 is 27.8 Å². The van der Waals surface area contributed by atoms with Crippen LogP contribution in [0.2, 0.25) is 0 Å². The third-order valence-corrected chi connectivity index (χ3v) is 5.29. The Balaban J connectivity index is 2.31. The Morgan fingerprint density at radius 2 is 1.85 bits per heavy atom. The monoisotopic (exact) mass is 309 g/mol. The number of hydrogen-bond donors (Lipinski definition) is 1. The highest BCUT2D eigenvalue weighted by Crippen LogP contribution is 2.31. The lowest BCUT2D eigenvalue weighted by Gasteiger charge is -2.22. The van der Waals surface area contributed by atoms with E-state index in [0.29, 0.717) is 12.8 Å². The zero-order valence-electron chi connectivity index (χ0n) is 10.5. The van der Waals surface area contributed by atoms with Gasteiger partial charge in [0.1, 0.15) is 0 Å². The molecule has 1 aliphatic rings. The van der Waals surface area contributed by atoms with Crippen LogP contribution >= 0.6 is 0 Å². The predicted molar refractivity (Wildman–Crippen MR) is 65.4 cm³/mol. The first-order chi connectivity index (χ1) is 9.26. The zero-order valence-corrected chi connectivity index (χ0v) is 11.3. The Kier molecular flexibility index (Phi) is 4.08. The fourth-order valence-corrected chi connectivity index (χ4v) is 3.94. The Labute approximate surface area is 114 Å². The number of aliphatic hydroxyl groups is 1. The number of sulfonamides is 1. The summed E-state index contributed by atoms with van der Waals surface area (Å²) in [7, 11) is -3.86. The van der Waals surface area contributed by atoms with Crippen molar-refractivity contribution in [3.8, 4) is 0 Å². The fraction of sp³-hybridized carbons (Fsp3) is 0.500. The summed E-state index contributed by atoms with van der Waals surface area (Å²) in [6.07, 6.45) is -3.31. The summed E-state index contributed by atoms with van der Waals surface area (Å²) in [4.78, 5) is -0.189. The molecule has 1 fully saturated rings. The molecule has 2 rings (SSSR count). The first kappa shape index (κ1) is 15.3. The van der Waals surface area contributed by atoms with E-state index in [0.717, 1.165) is 28.6 Å². The Bertz CT molecular complexity index is 569. The van der Waals surface area contributed by atoms with E-state index in [-0.39, 0.29) is 18.0 Å². The van der Waals surface area contributed by atoms with Crippen LogP contribution in [0.3, 0.4) is 0 Å². The molecule has 1 saturated heterocycles. The van der Waals surface area contributed by atoms with Crippen LogP contribution < -0.4 is 0 Å². The van der Waals surface area contributed by atoms with Gasteiger partial charge in [-0.15, -0.1) is 0 Å². The van der Waals surface area contributed by atoms with E-state index in [1.165, 1.54) is 0 Å². The van der Waals surface area contributed by atoms with Gasteiger partial charge in [-0.2, -0.15) is 17.5 Å². The van der Waals surface area contributed by atoms with Crippen LogP contribution in [-0.2, 0) is 16.2 Å². The smallest absolute Gasteiger partial charge is 0.395 e. The fourth-order valence-electron chi connectivity index (χ4n) is 2.26. The summed E-state index contributed by atoms with van der Waals surface area (Å²) < 4.78 is 63.1. The molecule has 0 unspecified atom stereocenters. The standard InChI is InChI=1S/C12H14F3NO3S/c13-12(14,15)9-3-5-11(6-4-9)20(18,19)16-7-1-2-10(16)8-17/h3-6,10,17H,1-2,7-8H2/t10-/m0/s1. The molecule has 0 aromatic heterocycles. The average Bonchev–Trinajstić information content (AvgIpc) is 2.87. The Morgan fingerprint density at radius 3 is 2.35 bits per heavy atom. The van der Waals surface area contributed by atoms with Crippen molar-refractivity contribution in [2.45, 2.75) is 30.0 Å². The van der Waals surface area contributed by atoms with Crippen molar-refractivity contribution in [1.82, 2.24) is 4.31 Å². The maximum absolute atomic E-state index is 12.4. The maximum Gasteiger partial charge on any atom is 0.416 e. The van der Waals surface area contributed by atoms with E-state index in [4.69, 9.17) is 5.11 Å². The van der Waals surface area contributed by atoms with E-state index in [2.05, 4.69) is 0 Å². The molecule has 1 atom stereocenters. The minimum atomic E-state index is -4.50. The SMILES string of the molecule is O=S(=O)(c1ccc(C(F)(F)F)cc1)N1CCC[C@H]1CO. The summed E-state index contributed by atoms with van der Waals surface area (Å²) >= 11 is 0. The van der Waals surface area contributed by atoms with E-state index in [1.807, 2.05) is 0 Å². The van der Waals surface area contributed by atoms with Gasteiger partial charge in [-0.1, -0.05) is 0 Å².